The molecule has 0 heterocycles. The molecule has 0 aliphatic rings. The van der Waals surface area contributed by atoms with Crippen molar-refractivity contribution in [2.45, 2.75) is 99.0 Å². The molecule has 2 N–H and O–H groups in total. The Balaban J connectivity index is 0.000000343. The maximum Gasteiger partial charge on any atom is 0.123 e. The number of phenolic OH excluding ortho intramolecular Hbond substituents is 2. The molecule has 0 aromatic heterocycles. The Morgan fingerprint density at radius 3 is 1.34 bits per heavy atom. The minimum Gasteiger partial charge on any atom is -0.507 e. The molecule has 2 aromatic carbocycles. The van der Waals surface area contributed by atoms with Crippen LogP contribution >= 0.6 is 0 Å². The zero-order valence-electron chi connectivity index (χ0n) is 22.9. The van der Waals surface area contributed by atoms with Crippen LogP contribution in [-0.2, 0) is 22.8 Å². The molecule has 0 radical (unpaired) electrons. The first-order chi connectivity index (χ1) is 14.2. The Labute approximate surface area is 197 Å². The van der Waals surface area contributed by atoms with E-state index in [2.05, 4.69) is 106 Å². The van der Waals surface area contributed by atoms with E-state index in [0.29, 0.717) is 11.5 Å². The van der Waals surface area contributed by atoms with E-state index in [0.717, 1.165) is 28.8 Å². The van der Waals surface area contributed by atoms with Crippen LogP contribution in [0.1, 0.15) is 95.7 Å². The molecule has 2 rings (SSSR count). The number of aromatic hydroxyl groups is 2. The van der Waals surface area contributed by atoms with Crippen LogP contribution in [0.5, 0.6) is 11.5 Å². The standard InChI is InChI=1S/C17H29NO.C12H18O/c1-16(2,3)13-9-12(11-18(7)8)10-14(15(13)19)17(4,5)6;1-8-6-9(2)11(13)10(7-8)12(3,4)5/h9-10,19H,11H2,1-8H3;6-7,13H,1-5H3. The number of hydrogen-bond acceptors (Lipinski definition) is 3. The molecular formula is C29H47NO2. The summed E-state index contributed by atoms with van der Waals surface area (Å²) < 4.78 is 0. The Morgan fingerprint density at radius 2 is 1.00 bits per heavy atom. The SMILES string of the molecule is CN(C)Cc1cc(C(C)(C)C)c(O)c(C(C)(C)C)c1.Cc1cc(C)c(O)c(C(C)(C)C)c1. The predicted molar refractivity (Wildman–Crippen MR) is 139 cm³/mol. The van der Waals surface area contributed by atoms with Gasteiger partial charge in [-0.15, -0.1) is 0 Å². The van der Waals surface area contributed by atoms with Gasteiger partial charge in [0.1, 0.15) is 11.5 Å². The van der Waals surface area contributed by atoms with E-state index < -0.39 is 0 Å². The Morgan fingerprint density at radius 1 is 0.625 bits per heavy atom. The van der Waals surface area contributed by atoms with Crippen molar-refractivity contribution in [3.8, 4) is 11.5 Å². The van der Waals surface area contributed by atoms with Crippen LogP contribution in [0.2, 0.25) is 0 Å². The van der Waals surface area contributed by atoms with Crippen molar-refractivity contribution < 1.29 is 10.2 Å². The van der Waals surface area contributed by atoms with Gasteiger partial charge in [-0.1, -0.05) is 92.1 Å². The normalized spacial score (nSPS) is 12.6. The molecule has 0 fully saturated rings. The Kier molecular flexibility index (Phi) is 8.64. The highest BCUT2D eigenvalue weighted by Gasteiger charge is 2.26. The van der Waals surface area contributed by atoms with Crippen molar-refractivity contribution in [3.05, 3.63) is 57.6 Å². The molecule has 0 unspecified atom stereocenters. The van der Waals surface area contributed by atoms with Crippen LogP contribution in [0.3, 0.4) is 0 Å². The van der Waals surface area contributed by atoms with Crippen molar-refractivity contribution in [2.24, 2.45) is 0 Å². The molecule has 0 bridgehead atoms. The fourth-order valence-electron chi connectivity index (χ4n) is 3.83. The molecule has 32 heavy (non-hydrogen) atoms. The van der Waals surface area contributed by atoms with E-state index in [1.165, 1.54) is 11.1 Å². The summed E-state index contributed by atoms with van der Waals surface area (Å²) in [4.78, 5) is 2.16. The lowest BCUT2D eigenvalue weighted by atomic mass is 9.78. The summed E-state index contributed by atoms with van der Waals surface area (Å²) in [5, 5.41) is 20.5. The fraction of sp³-hybridized carbons (Fsp3) is 0.586. The molecule has 0 aliphatic carbocycles. The minimum atomic E-state index is -0.0492. The third-order valence-corrected chi connectivity index (χ3v) is 5.54. The molecule has 0 saturated heterocycles. The molecular weight excluding hydrogens is 394 g/mol. The van der Waals surface area contributed by atoms with Gasteiger partial charge in [0.15, 0.2) is 0 Å². The maximum absolute atomic E-state index is 10.6. The summed E-state index contributed by atoms with van der Waals surface area (Å²) in [6, 6.07) is 8.35. The molecule has 0 saturated carbocycles. The van der Waals surface area contributed by atoms with Crippen molar-refractivity contribution in [1.29, 1.82) is 0 Å². The summed E-state index contributed by atoms with van der Waals surface area (Å²) in [6.07, 6.45) is 0. The van der Waals surface area contributed by atoms with Crippen molar-refractivity contribution in [2.75, 3.05) is 14.1 Å². The molecule has 0 amide bonds. The highest BCUT2D eigenvalue weighted by molar-refractivity contribution is 5.50. The number of benzene rings is 2. The van der Waals surface area contributed by atoms with Crippen molar-refractivity contribution in [1.82, 2.24) is 4.90 Å². The predicted octanol–water partition coefficient (Wildman–Crippen LogP) is 7.36. The lowest BCUT2D eigenvalue weighted by Gasteiger charge is -2.28. The lowest BCUT2D eigenvalue weighted by Crippen LogP contribution is -2.19. The van der Waals surface area contributed by atoms with Crippen molar-refractivity contribution in [3.63, 3.8) is 0 Å². The van der Waals surface area contributed by atoms with E-state index >= 15 is 0 Å². The number of aryl methyl sites for hydroxylation is 2. The third kappa shape index (κ3) is 7.55. The summed E-state index contributed by atoms with van der Waals surface area (Å²) in [5.74, 6) is 0.903. The first-order valence-corrected chi connectivity index (χ1v) is 11.6. The lowest BCUT2D eigenvalue weighted by molar-refractivity contribution is 0.395. The van der Waals surface area contributed by atoms with Crippen molar-refractivity contribution >= 4 is 0 Å². The van der Waals surface area contributed by atoms with Gasteiger partial charge >= 0.3 is 0 Å². The van der Waals surface area contributed by atoms with Crippen LogP contribution in [0.4, 0.5) is 0 Å². The second-order valence-electron chi connectivity index (χ2n) is 12.5. The van der Waals surface area contributed by atoms with Gasteiger partial charge in [0, 0.05) is 6.54 Å². The van der Waals surface area contributed by atoms with Crippen LogP contribution in [0.25, 0.3) is 0 Å². The number of phenols is 2. The molecule has 2 aromatic rings. The molecule has 3 heteroatoms. The van der Waals surface area contributed by atoms with E-state index in [1.54, 1.807) is 0 Å². The van der Waals surface area contributed by atoms with Gasteiger partial charge < -0.3 is 15.1 Å². The van der Waals surface area contributed by atoms with Crippen LogP contribution < -0.4 is 0 Å². The van der Waals surface area contributed by atoms with Crippen LogP contribution in [0.15, 0.2) is 24.3 Å². The molecule has 3 nitrogen and oxygen atoms in total. The topological polar surface area (TPSA) is 43.7 Å². The van der Waals surface area contributed by atoms with Gasteiger partial charge in [-0.2, -0.15) is 0 Å². The fourth-order valence-corrected chi connectivity index (χ4v) is 3.83. The van der Waals surface area contributed by atoms with Gasteiger partial charge in [-0.3, -0.25) is 0 Å². The van der Waals surface area contributed by atoms with E-state index in [9.17, 15) is 10.2 Å². The minimum absolute atomic E-state index is 0.0147. The van der Waals surface area contributed by atoms with Gasteiger partial charge in [-0.25, -0.2) is 0 Å². The second kappa shape index (κ2) is 9.87. The molecule has 0 spiro atoms. The summed E-state index contributed by atoms with van der Waals surface area (Å²) in [6.45, 7) is 24.1. The number of rotatable bonds is 2. The number of nitrogens with zero attached hydrogens (tertiary/aromatic N) is 1. The highest BCUT2D eigenvalue weighted by atomic mass is 16.3. The van der Waals surface area contributed by atoms with Gasteiger partial charge in [-0.05, 0) is 72.0 Å². The third-order valence-electron chi connectivity index (χ3n) is 5.54. The zero-order valence-corrected chi connectivity index (χ0v) is 22.9. The zero-order chi connectivity index (χ0) is 25.2. The first kappa shape index (κ1) is 28.0. The molecule has 0 aliphatic heterocycles. The smallest absolute Gasteiger partial charge is 0.123 e. The summed E-state index contributed by atoms with van der Waals surface area (Å²) in [5.41, 5.74) is 6.46. The van der Waals surface area contributed by atoms with Crippen LogP contribution in [-0.4, -0.2) is 29.2 Å². The average Bonchev–Trinajstić information content (AvgIpc) is 2.56. The van der Waals surface area contributed by atoms with Gasteiger partial charge in [0.2, 0.25) is 0 Å². The Hall–Kier alpha value is -2.00. The maximum atomic E-state index is 10.6. The molecule has 180 valence electrons. The van der Waals surface area contributed by atoms with E-state index in [1.807, 2.05) is 13.0 Å². The second-order valence-corrected chi connectivity index (χ2v) is 12.5. The average molecular weight is 442 g/mol. The summed E-state index contributed by atoms with van der Waals surface area (Å²) in [7, 11) is 4.14. The largest absolute Gasteiger partial charge is 0.507 e. The quantitative estimate of drug-likeness (QED) is 0.512. The summed E-state index contributed by atoms with van der Waals surface area (Å²) >= 11 is 0. The van der Waals surface area contributed by atoms with E-state index in [-0.39, 0.29) is 16.2 Å². The monoisotopic (exact) mass is 441 g/mol. The first-order valence-electron chi connectivity index (χ1n) is 11.6. The van der Waals surface area contributed by atoms with E-state index in [4.69, 9.17) is 0 Å². The Bertz CT molecular complexity index is 885. The highest BCUT2D eigenvalue weighted by Crippen LogP contribution is 2.40. The van der Waals surface area contributed by atoms with Crippen LogP contribution in [0, 0.1) is 13.8 Å². The van der Waals surface area contributed by atoms with Gasteiger partial charge in [0.05, 0.1) is 0 Å². The van der Waals surface area contributed by atoms with Gasteiger partial charge in [0.25, 0.3) is 0 Å². The molecule has 0 atom stereocenters. The number of hydrogen-bond donors (Lipinski definition) is 2.